The van der Waals surface area contributed by atoms with Gasteiger partial charge in [0.1, 0.15) is 23.7 Å². The van der Waals surface area contributed by atoms with Gasteiger partial charge in [-0.05, 0) is 77.0 Å². The number of aliphatic imine (C=N–C) groups is 1. The van der Waals surface area contributed by atoms with Gasteiger partial charge < -0.3 is 41.2 Å². The fourth-order valence-electron chi connectivity index (χ4n) is 5.68. The van der Waals surface area contributed by atoms with Crippen LogP contribution in [-0.4, -0.2) is 94.7 Å². The highest BCUT2D eigenvalue weighted by Gasteiger charge is 2.30. The number of methoxy groups -OCH3 is 1. The molecule has 2 rings (SSSR count). The van der Waals surface area contributed by atoms with Gasteiger partial charge in [-0.25, -0.2) is 22.7 Å². The van der Waals surface area contributed by atoms with E-state index in [4.69, 9.17) is 19.9 Å². The van der Waals surface area contributed by atoms with Crippen molar-refractivity contribution in [3.63, 3.8) is 0 Å². The number of carbonyl (C=O) groups is 5. The van der Waals surface area contributed by atoms with E-state index < -0.39 is 70.1 Å². The van der Waals surface area contributed by atoms with E-state index in [0.29, 0.717) is 17.5 Å². The molecule has 316 valence electrons. The molecule has 0 bridgehead atoms. The summed E-state index contributed by atoms with van der Waals surface area (Å²) in [6.07, 6.45) is -0.0636. The Kier molecular flexibility index (Phi) is 18.9. The van der Waals surface area contributed by atoms with E-state index in [1.54, 1.807) is 53.7 Å². The monoisotopic (exact) mass is 817 g/mol. The number of ether oxygens (including phenoxy) is 3. The zero-order chi connectivity index (χ0) is 42.9. The minimum atomic E-state index is -4.03. The first-order valence-electron chi connectivity index (χ1n) is 18.6. The Morgan fingerprint density at radius 2 is 1.54 bits per heavy atom. The van der Waals surface area contributed by atoms with Crippen LogP contribution in [0.1, 0.15) is 76.1 Å². The van der Waals surface area contributed by atoms with Crippen molar-refractivity contribution < 1.29 is 46.6 Å². The molecule has 0 heterocycles. The number of alkyl carbamates (subject to hydrolysis) is 1. The van der Waals surface area contributed by atoms with Crippen molar-refractivity contribution in [2.75, 3.05) is 26.8 Å². The van der Waals surface area contributed by atoms with Gasteiger partial charge in [-0.3, -0.25) is 19.4 Å². The molecule has 2 aromatic carbocycles. The Morgan fingerprint density at radius 1 is 0.912 bits per heavy atom. The van der Waals surface area contributed by atoms with Gasteiger partial charge in [0.25, 0.3) is 10.0 Å². The fraction of sp³-hybridized carbons (Fsp3) is 0.538. The Balaban J connectivity index is 2.12. The van der Waals surface area contributed by atoms with E-state index >= 15 is 0 Å². The van der Waals surface area contributed by atoms with Gasteiger partial charge in [0, 0.05) is 6.54 Å². The summed E-state index contributed by atoms with van der Waals surface area (Å²) in [7, 11) is -2.88. The summed E-state index contributed by atoms with van der Waals surface area (Å²) in [4.78, 5) is 69.2. The number of guanidine groups is 1. The lowest BCUT2D eigenvalue weighted by Crippen LogP contribution is -2.56. The zero-order valence-electron chi connectivity index (χ0n) is 34.3. The number of benzene rings is 2. The van der Waals surface area contributed by atoms with Crippen LogP contribution in [0.25, 0.3) is 0 Å². The van der Waals surface area contributed by atoms with E-state index in [-0.39, 0.29) is 49.4 Å². The van der Waals surface area contributed by atoms with Crippen molar-refractivity contribution in [2.24, 2.45) is 16.6 Å². The number of carbonyl (C=O) groups excluding carboxylic acids is 5. The average molecular weight is 818 g/mol. The molecule has 4 amide bonds. The number of nitrogens with zero attached hydrogens (tertiary/aromatic N) is 1. The summed E-state index contributed by atoms with van der Waals surface area (Å²) < 4.78 is 44.3. The number of rotatable bonds is 20. The normalized spacial score (nSPS) is 13.9. The standard InChI is InChI=1S/C39H59N7O10S/c1-10-25(3)32(45-38(51)56-39(6,7)8)35(49)42-21-31(47)43-30(23-55-22-28-15-12-11-13-16-28)34(48)44-29(36(50)54-9)17-14-18-41-37(40)46-57(52,53)33-26(4)19-24(2)20-27(33)5/h11-13,15-16,19-20,25,29-30,32H,10,14,17-18,21-23H2,1-9H3,(H,42,49)(H,43,47)(H,44,48)(H,45,51)(H3,40,41,46)/t25-,29-,30-,32-/m0/s1. The maximum Gasteiger partial charge on any atom is 0.408 e. The van der Waals surface area contributed by atoms with Gasteiger partial charge in [0.2, 0.25) is 23.7 Å². The highest BCUT2D eigenvalue weighted by atomic mass is 32.2. The third-order valence-electron chi connectivity index (χ3n) is 8.49. The maximum atomic E-state index is 13.6. The number of sulfonamides is 1. The van der Waals surface area contributed by atoms with Gasteiger partial charge in [0.05, 0.1) is 31.8 Å². The average Bonchev–Trinajstić information content (AvgIpc) is 3.11. The molecule has 0 spiro atoms. The van der Waals surface area contributed by atoms with Crippen LogP contribution >= 0.6 is 0 Å². The summed E-state index contributed by atoms with van der Waals surface area (Å²) in [6.45, 7) is 13.2. The molecular formula is C39H59N7O10S. The van der Waals surface area contributed by atoms with Gasteiger partial charge in [-0.15, -0.1) is 0 Å². The Hall–Kier alpha value is -5.23. The van der Waals surface area contributed by atoms with E-state index in [1.807, 2.05) is 44.2 Å². The molecule has 0 aromatic heterocycles. The minimum Gasteiger partial charge on any atom is -0.467 e. The highest BCUT2D eigenvalue weighted by Crippen LogP contribution is 2.21. The smallest absolute Gasteiger partial charge is 0.408 e. The number of amides is 4. The van der Waals surface area contributed by atoms with E-state index in [9.17, 15) is 32.4 Å². The molecule has 18 heteroatoms. The summed E-state index contributed by atoms with van der Waals surface area (Å²) in [5, 5.41) is 10.2. The molecule has 4 atom stereocenters. The largest absolute Gasteiger partial charge is 0.467 e. The summed E-state index contributed by atoms with van der Waals surface area (Å²) in [6, 6.07) is 9.10. The van der Waals surface area contributed by atoms with Crippen molar-refractivity contribution in [1.29, 1.82) is 0 Å². The minimum absolute atomic E-state index is 0.00986. The van der Waals surface area contributed by atoms with E-state index in [2.05, 4.69) is 31.0 Å². The number of nitrogens with one attached hydrogen (secondary N) is 5. The molecule has 7 N–H and O–H groups in total. The van der Waals surface area contributed by atoms with Crippen molar-refractivity contribution in [3.05, 3.63) is 64.7 Å². The van der Waals surface area contributed by atoms with Crippen molar-refractivity contribution in [2.45, 2.75) is 110 Å². The van der Waals surface area contributed by atoms with Gasteiger partial charge in [0.15, 0.2) is 0 Å². The number of nitrogens with two attached hydrogens (primary N) is 1. The molecule has 0 aliphatic heterocycles. The highest BCUT2D eigenvalue weighted by molar-refractivity contribution is 7.90. The molecule has 57 heavy (non-hydrogen) atoms. The molecule has 0 saturated heterocycles. The third-order valence-corrected chi connectivity index (χ3v) is 10.1. The molecule has 0 radical (unpaired) electrons. The molecule has 0 saturated carbocycles. The van der Waals surface area contributed by atoms with Crippen LogP contribution in [0.15, 0.2) is 52.4 Å². The lowest BCUT2D eigenvalue weighted by atomic mass is 9.98. The number of hydrogen-bond acceptors (Lipinski definition) is 11. The lowest BCUT2D eigenvalue weighted by molar-refractivity contribution is -0.146. The Morgan fingerprint density at radius 3 is 2.12 bits per heavy atom. The van der Waals surface area contributed by atoms with Gasteiger partial charge >= 0.3 is 12.1 Å². The predicted molar refractivity (Wildman–Crippen MR) is 214 cm³/mol. The summed E-state index contributed by atoms with van der Waals surface area (Å²) in [5.41, 5.74) is 7.94. The summed E-state index contributed by atoms with van der Waals surface area (Å²) >= 11 is 0. The molecule has 17 nitrogen and oxygen atoms in total. The fourth-order valence-corrected chi connectivity index (χ4v) is 7.09. The number of hydrogen-bond donors (Lipinski definition) is 6. The molecule has 0 fully saturated rings. The Labute approximate surface area is 335 Å². The first-order valence-corrected chi connectivity index (χ1v) is 20.1. The molecule has 2 aromatic rings. The molecule has 0 aliphatic carbocycles. The van der Waals surface area contributed by atoms with E-state index in [1.165, 1.54) is 0 Å². The topological polar surface area (TPSA) is 246 Å². The van der Waals surface area contributed by atoms with Crippen LogP contribution in [0.2, 0.25) is 0 Å². The zero-order valence-corrected chi connectivity index (χ0v) is 35.1. The van der Waals surface area contributed by atoms with Crippen molar-refractivity contribution in [3.8, 4) is 0 Å². The van der Waals surface area contributed by atoms with Crippen LogP contribution in [0, 0.1) is 26.7 Å². The maximum absolute atomic E-state index is 13.6. The lowest BCUT2D eigenvalue weighted by Gasteiger charge is -2.26. The summed E-state index contributed by atoms with van der Waals surface area (Å²) in [5.74, 6) is -3.59. The quantitative estimate of drug-likeness (QED) is 0.0490. The second-order valence-electron chi connectivity index (χ2n) is 14.7. The SMILES string of the molecule is CC[C@H](C)[C@H](NC(=O)OC(C)(C)C)C(=O)NCC(=O)N[C@@H](COCc1ccccc1)C(=O)N[C@@H](CCCN=C(N)NS(=O)(=O)c1c(C)cc(C)cc1C)C(=O)OC. The third kappa shape index (κ3) is 16.8. The van der Waals surface area contributed by atoms with Gasteiger partial charge in [-0.1, -0.05) is 68.3 Å². The van der Waals surface area contributed by atoms with E-state index in [0.717, 1.165) is 18.2 Å². The Bertz CT molecular complexity index is 1810. The second kappa shape index (κ2) is 22.5. The number of aryl methyl sites for hydroxylation is 3. The van der Waals surface area contributed by atoms with Crippen LogP contribution in [0.4, 0.5) is 4.79 Å². The number of esters is 1. The van der Waals surface area contributed by atoms with Crippen molar-refractivity contribution >= 4 is 45.8 Å². The van der Waals surface area contributed by atoms with Crippen LogP contribution < -0.4 is 31.7 Å². The van der Waals surface area contributed by atoms with Crippen LogP contribution in [0.3, 0.4) is 0 Å². The van der Waals surface area contributed by atoms with Crippen LogP contribution in [0.5, 0.6) is 0 Å². The first kappa shape index (κ1) is 47.9. The van der Waals surface area contributed by atoms with Crippen LogP contribution in [-0.2, 0) is 50.0 Å². The van der Waals surface area contributed by atoms with Gasteiger partial charge in [-0.2, -0.15) is 0 Å². The molecule has 0 aliphatic rings. The molecular weight excluding hydrogens is 759 g/mol. The second-order valence-corrected chi connectivity index (χ2v) is 16.3. The predicted octanol–water partition coefficient (Wildman–Crippen LogP) is 2.40. The first-order chi connectivity index (χ1) is 26.7. The molecule has 0 unspecified atom stereocenters. The van der Waals surface area contributed by atoms with Crippen molar-refractivity contribution in [1.82, 2.24) is 26.0 Å².